The molecule has 1 aromatic carbocycles. The van der Waals surface area contributed by atoms with Gasteiger partial charge in [0.1, 0.15) is 0 Å². The molecule has 0 saturated heterocycles. The summed E-state index contributed by atoms with van der Waals surface area (Å²) in [5.74, 6) is 0.790. The molecular formula is C14H20N4. The molecule has 0 aliphatic rings. The molecule has 4 heteroatoms. The van der Waals surface area contributed by atoms with Crippen molar-refractivity contribution in [3.05, 3.63) is 30.0 Å². The van der Waals surface area contributed by atoms with Gasteiger partial charge in [-0.25, -0.2) is 0 Å². The molecule has 0 aliphatic heterocycles. The van der Waals surface area contributed by atoms with Crippen LogP contribution in [-0.4, -0.2) is 21.8 Å². The fraction of sp³-hybridized carbons (Fsp3) is 0.429. The molecule has 1 heterocycles. The topological polar surface area (TPSA) is 63.8 Å². The molecule has 1 atom stereocenters. The Balaban J connectivity index is 2.50. The lowest BCUT2D eigenvalue weighted by molar-refractivity contribution is 0.469. The molecule has 0 aliphatic carbocycles. The molecule has 1 unspecified atom stereocenters. The van der Waals surface area contributed by atoms with Crippen LogP contribution < -0.4 is 11.1 Å². The van der Waals surface area contributed by atoms with Gasteiger partial charge in [-0.3, -0.25) is 0 Å². The third kappa shape index (κ3) is 2.29. The molecule has 0 spiro atoms. The number of aryl methyl sites for hydroxylation is 1. The zero-order chi connectivity index (χ0) is 13.3. The van der Waals surface area contributed by atoms with Crippen LogP contribution in [0.2, 0.25) is 0 Å². The molecule has 3 N–H and O–H groups in total. The molecule has 96 valence electrons. The molecule has 0 saturated carbocycles. The lowest BCUT2D eigenvalue weighted by Gasteiger charge is -2.31. The molecule has 0 radical (unpaired) electrons. The van der Waals surface area contributed by atoms with Crippen molar-refractivity contribution >= 4 is 16.6 Å². The van der Waals surface area contributed by atoms with E-state index in [1.54, 1.807) is 0 Å². The number of hydrogen-bond donors (Lipinski definition) is 2. The predicted molar refractivity (Wildman–Crippen MR) is 75.6 cm³/mol. The number of rotatable bonds is 3. The summed E-state index contributed by atoms with van der Waals surface area (Å²) < 4.78 is 0. The highest BCUT2D eigenvalue weighted by molar-refractivity contribution is 5.93. The summed E-state index contributed by atoms with van der Waals surface area (Å²) in [4.78, 5) is 0. The van der Waals surface area contributed by atoms with E-state index < -0.39 is 0 Å². The van der Waals surface area contributed by atoms with E-state index in [4.69, 9.17) is 5.73 Å². The maximum Gasteiger partial charge on any atom is 0.157 e. The van der Waals surface area contributed by atoms with Gasteiger partial charge in [0.2, 0.25) is 0 Å². The quantitative estimate of drug-likeness (QED) is 0.870. The van der Waals surface area contributed by atoms with Crippen molar-refractivity contribution in [1.29, 1.82) is 0 Å². The van der Waals surface area contributed by atoms with E-state index in [2.05, 4.69) is 41.5 Å². The van der Waals surface area contributed by atoms with Gasteiger partial charge in [-0.05, 0) is 27.7 Å². The Hall–Kier alpha value is -1.68. The van der Waals surface area contributed by atoms with Crippen molar-refractivity contribution in [1.82, 2.24) is 10.2 Å². The highest BCUT2D eigenvalue weighted by Crippen LogP contribution is 2.25. The fourth-order valence-electron chi connectivity index (χ4n) is 1.75. The third-order valence-electron chi connectivity index (χ3n) is 3.45. The number of fused-ring (bicyclic) bond motifs is 1. The van der Waals surface area contributed by atoms with Crippen molar-refractivity contribution in [2.75, 3.05) is 5.32 Å². The van der Waals surface area contributed by atoms with Gasteiger partial charge in [-0.1, -0.05) is 24.3 Å². The second kappa shape index (κ2) is 4.53. The van der Waals surface area contributed by atoms with Crippen LogP contribution in [0.3, 0.4) is 0 Å². The average molecular weight is 244 g/mol. The van der Waals surface area contributed by atoms with Gasteiger partial charge in [-0.15, -0.1) is 5.10 Å². The van der Waals surface area contributed by atoms with Gasteiger partial charge in [-0.2, -0.15) is 5.10 Å². The minimum Gasteiger partial charge on any atom is -0.362 e. The largest absolute Gasteiger partial charge is 0.362 e. The molecule has 0 bridgehead atoms. The highest BCUT2D eigenvalue weighted by atomic mass is 15.2. The minimum atomic E-state index is -0.229. The van der Waals surface area contributed by atoms with E-state index in [9.17, 15) is 0 Å². The molecule has 4 nitrogen and oxygen atoms in total. The van der Waals surface area contributed by atoms with Gasteiger partial charge >= 0.3 is 0 Å². The minimum absolute atomic E-state index is 0.0133. The zero-order valence-corrected chi connectivity index (χ0v) is 11.4. The van der Waals surface area contributed by atoms with E-state index in [0.29, 0.717) is 0 Å². The first-order chi connectivity index (χ1) is 8.42. The van der Waals surface area contributed by atoms with E-state index in [1.165, 1.54) is 0 Å². The lowest BCUT2D eigenvalue weighted by Crippen LogP contribution is -2.47. The normalized spacial score (nSPS) is 13.6. The Morgan fingerprint density at radius 2 is 1.78 bits per heavy atom. The first-order valence-electron chi connectivity index (χ1n) is 6.17. The summed E-state index contributed by atoms with van der Waals surface area (Å²) in [6, 6.07) is 8.14. The molecular weight excluding hydrogens is 224 g/mol. The summed E-state index contributed by atoms with van der Waals surface area (Å²) in [6.07, 6.45) is 0. The smallest absolute Gasteiger partial charge is 0.157 e. The van der Waals surface area contributed by atoms with Crippen LogP contribution >= 0.6 is 0 Å². The van der Waals surface area contributed by atoms with Gasteiger partial charge in [0.15, 0.2) is 5.82 Å². The molecule has 0 amide bonds. The van der Waals surface area contributed by atoms with Crippen molar-refractivity contribution in [3.8, 4) is 0 Å². The van der Waals surface area contributed by atoms with Crippen molar-refractivity contribution < 1.29 is 0 Å². The van der Waals surface area contributed by atoms with Crippen LogP contribution in [0.25, 0.3) is 10.8 Å². The number of aromatic nitrogens is 2. The van der Waals surface area contributed by atoms with E-state index in [1.807, 2.05) is 26.0 Å². The second-order valence-electron chi connectivity index (χ2n) is 5.31. The average Bonchev–Trinajstić information content (AvgIpc) is 2.33. The van der Waals surface area contributed by atoms with Crippen LogP contribution in [0.1, 0.15) is 26.5 Å². The number of benzene rings is 1. The Morgan fingerprint density at radius 1 is 1.17 bits per heavy atom. The van der Waals surface area contributed by atoms with Gasteiger partial charge in [0, 0.05) is 22.4 Å². The predicted octanol–water partition coefficient (Wildman–Crippen LogP) is 2.48. The maximum atomic E-state index is 5.98. The Labute approximate surface area is 108 Å². The summed E-state index contributed by atoms with van der Waals surface area (Å²) in [7, 11) is 0. The van der Waals surface area contributed by atoms with Crippen molar-refractivity contribution in [3.63, 3.8) is 0 Å². The number of anilines is 1. The van der Waals surface area contributed by atoms with E-state index >= 15 is 0 Å². The zero-order valence-electron chi connectivity index (χ0n) is 11.4. The highest BCUT2D eigenvalue weighted by Gasteiger charge is 2.24. The molecule has 0 fully saturated rings. The molecule has 18 heavy (non-hydrogen) atoms. The lowest BCUT2D eigenvalue weighted by atomic mass is 9.96. The Bertz CT molecular complexity index is 561. The number of hydrogen-bond acceptors (Lipinski definition) is 4. The van der Waals surface area contributed by atoms with Gasteiger partial charge in [0.05, 0.1) is 5.69 Å². The Morgan fingerprint density at radius 3 is 2.39 bits per heavy atom. The second-order valence-corrected chi connectivity index (χ2v) is 5.31. The van der Waals surface area contributed by atoms with Crippen LogP contribution in [-0.2, 0) is 0 Å². The number of nitrogens with two attached hydrogens (primary N) is 1. The SMILES string of the molecule is Cc1nnc(NC(C)(C)C(C)N)c2ccccc12. The first-order valence-corrected chi connectivity index (χ1v) is 6.17. The van der Waals surface area contributed by atoms with Crippen LogP contribution in [0.5, 0.6) is 0 Å². The van der Waals surface area contributed by atoms with Crippen LogP contribution in [0.15, 0.2) is 24.3 Å². The Kier molecular flexibility index (Phi) is 3.22. The van der Waals surface area contributed by atoms with Gasteiger partial charge < -0.3 is 11.1 Å². The number of nitrogens with one attached hydrogen (secondary N) is 1. The maximum absolute atomic E-state index is 5.98. The standard InChI is InChI=1S/C14H20N4/c1-9-11-7-5-6-8-12(11)13(18-17-9)16-14(3,4)10(2)15/h5-8,10H,15H2,1-4H3,(H,16,18). The van der Waals surface area contributed by atoms with Crippen molar-refractivity contribution in [2.45, 2.75) is 39.3 Å². The summed E-state index contributed by atoms with van der Waals surface area (Å²) in [6.45, 7) is 8.08. The van der Waals surface area contributed by atoms with E-state index in [0.717, 1.165) is 22.3 Å². The third-order valence-corrected chi connectivity index (χ3v) is 3.45. The number of nitrogens with zero attached hydrogens (tertiary/aromatic N) is 2. The fourth-order valence-corrected chi connectivity index (χ4v) is 1.75. The molecule has 2 aromatic rings. The molecule has 1 aromatic heterocycles. The summed E-state index contributed by atoms with van der Waals surface area (Å²) >= 11 is 0. The first kappa shape index (κ1) is 12.8. The summed E-state index contributed by atoms with van der Waals surface area (Å²) in [5, 5.41) is 14.0. The molecule has 2 rings (SSSR count). The van der Waals surface area contributed by atoms with Gasteiger partial charge in [0.25, 0.3) is 0 Å². The monoisotopic (exact) mass is 244 g/mol. The van der Waals surface area contributed by atoms with Crippen molar-refractivity contribution in [2.24, 2.45) is 5.73 Å². The summed E-state index contributed by atoms with van der Waals surface area (Å²) in [5.41, 5.74) is 6.69. The van der Waals surface area contributed by atoms with Crippen LogP contribution in [0.4, 0.5) is 5.82 Å². The van der Waals surface area contributed by atoms with E-state index in [-0.39, 0.29) is 11.6 Å². The van der Waals surface area contributed by atoms with Crippen LogP contribution in [0, 0.1) is 6.92 Å².